The molecule has 0 radical (unpaired) electrons. The van der Waals surface area contributed by atoms with Crippen molar-refractivity contribution in [3.8, 4) is 5.88 Å². The maximum absolute atomic E-state index is 5.68. The highest BCUT2D eigenvalue weighted by Crippen LogP contribution is 2.23. The first kappa shape index (κ1) is 12.8. The molecule has 0 aliphatic rings. The Kier molecular flexibility index (Phi) is 4.15. The first-order valence-electron chi connectivity index (χ1n) is 6.31. The van der Waals surface area contributed by atoms with E-state index in [-0.39, 0.29) is 0 Å². The lowest BCUT2D eigenvalue weighted by molar-refractivity contribution is 0.301. The molecule has 0 spiro atoms. The number of hydrogen-bond acceptors (Lipinski definition) is 4. The van der Waals surface area contributed by atoms with Gasteiger partial charge in [-0.15, -0.1) is 0 Å². The Morgan fingerprint density at radius 2 is 2.17 bits per heavy atom. The fraction of sp³-hybridized carbons (Fsp3) is 0.538. The highest BCUT2D eigenvalue weighted by atomic mass is 16.5. The van der Waals surface area contributed by atoms with Crippen LogP contribution in [0.15, 0.2) is 12.5 Å². The quantitative estimate of drug-likeness (QED) is 0.796. The van der Waals surface area contributed by atoms with Crippen LogP contribution in [0.25, 0.3) is 11.0 Å². The summed E-state index contributed by atoms with van der Waals surface area (Å²) in [6.07, 6.45) is 5.70. The lowest BCUT2D eigenvalue weighted by Gasteiger charge is -2.08. The molecule has 0 fully saturated rings. The molecule has 0 bridgehead atoms. The van der Waals surface area contributed by atoms with Gasteiger partial charge < -0.3 is 14.6 Å². The third-order valence-electron chi connectivity index (χ3n) is 2.73. The van der Waals surface area contributed by atoms with Crippen LogP contribution in [-0.4, -0.2) is 40.6 Å². The summed E-state index contributed by atoms with van der Waals surface area (Å²) in [5, 5.41) is 0. The normalized spacial score (nSPS) is 11.3. The maximum atomic E-state index is 5.68. The van der Waals surface area contributed by atoms with E-state index in [0.29, 0.717) is 12.5 Å². The molecular weight excluding hydrogens is 228 g/mol. The van der Waals surface area contributed by atoms with Crippen LogP contribution in [0, 0.1) is 0 Å². The monoisotopic (exact) mass is 248 g/mol. The first-order valence-corrected chi connectivity index (χ1v) is 6.31. The number of H-pyrrole nitrogens is 1. The zero-order valence-electron chi connectivity index (χ0n) is 11.2. The summed E-state index contributed by atoms with van der Waals surface area (Å²) in [7, 11) is 4.08. The van der Waals surface area contributed by atoms with Crippen LogP contribution in [0.3, 0.4) is 0 Å². The van der Waals surface area contributed by atoms with Gasteiger partial charge in [-0.25, -0.2) is 4.98 Å². The van der Waals surface area contributed by atoms with E-state index in [4.69, 9.17) is 4.74 Å². The number of nitrogens with one attached hydrogen (secondary N) is 1. The van der Waals surface area contributed by atoms with Crippen molar-refractivity contribution >= 4 is 11.0 Å². The molecule has 0 saturated carbocycles. The van der Waals surface area contributed by atoms with Gasteiger partial charge in [-0.3, -0.25) is 0 Å². The molecule has 0 aromatic carbocycles. The molecule has 98 valence electrons. The number of fused-ring (bicyclic) bond motifs is 1. The maximum Gasteiger partial charge on any atom is 0.241 e. The SMILES string of the molecule is CCCCOc1ncnc2c(CN(C)C)c[nH]c12. The zero-order chi connectivity index (χ0) is 13.0. The summed E-state index contributed by atoms with van der Waals surface area (Å²) in [6.45, 7) is 3.69. The molecule has 1 N–H and O–H groups in total. The summed E-state index contributed by atoms with van der Waals surface area (Å²) < 4.78 is 5.68. The molecule has 0 saturated heterocycles. The van der Waals surface area contributed by atoms with Crippen LogP contribution >= 0.6 is 0 Å². The van der Waals surface area contributed by atoms with Crippen molar-refractivity contribution in [1.29, 1.82) is 0 Å². The van der Waals surface area contributed by atoms with Crippen molar-refractivity contribution in [2.45, 2.75) is 26.3 Å². The number of ether oxygens (including phenoxy) is 1. The second kappa shape index (κ2) is 5.82. The Balaban J connectivity index is 2.24. The molecule has 5 nitrogen and oxygen atoms in total. The fourth-order valence-corrected chi connectivity index (χ4v) is 1.85. The van der Waals surface area contributed by atoms with Crippen molar-refractivity contribution in [1.82, 2.24) is 19.9 Å². The average Bonchev–Trinajstić information content (AvgIpc) is 2.73. The van der Waals surface area contributed by atoms with Crippen molar-refractivity contribution in [2.75, 3.05) is 20.7 Å². The molecule has 0 aliphatic heterocycles. The van der Waals surface area contributed by atoms with E-state index in [9.17, 15) is 0 Å². The minimum absolute atomic E-state index is 0.651. The molecule has 2 heterocycles. The van der Waals surface area contributed by atoms with E-state index in [1.807, 2.05) is 20.3 Å². The van der Waals surface area contributed by atoms with E-state index in [2.05, 4.69) is 26.8 Å². The Bertz CT molecular complexity index is 507. The molecular formula is C13H20N4O. The number of hydrogen-bond donors (Lipinski definition) is 1. The van der Waals surface area contributed by atoms with Gasteiger partial charge in [-0.2, -0.15) is 4.98 Å². The van der Waals surface area contributed by atoms with Crippen LogP contribution in [0.1, 0.15) is 25.3 Å². The molecule has 0 aliphatic carbocycles. The van der Waals surface area contributed by atoms with Crippen LogP contribution in [0.5, 0.6) is 5.88 Å². The van der Waals surface area contributed by atoms with Crippen LogP contribution < -0.4 is 4.74 Å². The topological polar surface area (TPSA) is 54.0 Å². The molecule has 5 heteroatoms. The minimum Gasteiger partial charge on any atom is -0.476 e. The number of aromatic amines is 1. The van der Waals surface area contributed by atoms with Crippen LogP contribution in [0.4, 0.5) is 0 Å². The highest BCUT2D eigenvalue weighted by Gasteiger charge is 2.11. The van der Waals surface area contributed by atoms with Gasteiger partial charge in [0.2, 0.25) is 5.88 Å². The zero-order valence-corrected chi connectivity index (χ0v) is 11.2. The predicted octanol–water partition coefficient (Wildman–Crippen LogP) is 2.20. The molecule has 0 amide bonds. The molecule has 2 aromatic heterocycles. The summed E-state index contributed by atoms with van der Waals surface area (Å²) >= 11 is 0. The minimum atomic E-state index is 0.651. The van der Waals surface area contributed by atoms with E-state index in [1.54, 1.807) is 6.33 Å². The molecule has 0 unspecified atom stereocenters. The summed E-state index contributed by atoms with van der Waals surface area (Å²) in [4.78, 5) is 13.9. The second-order valence-corrected chi connectivity index (χ2v) is 4.66. The molecule has 0 atom stereocenters. The number of nitrogens with zero attached hydrogens (tertiary/aromatic N) is 3. The van der Waals surface area contributed by atoms with Gasteiger partial charge in [0.1, 0.15) is 11.8 Å². The Labute approximate surface area is 107 Å². The van der Waals surface area contributed by atoms with E-state index in [1.165, 1.54) is 0 Å². The van der Waals surface area contributed by atoms with Gasteiger partial charge in [-0.05, 0) is 20.5 Å². The van der Waals surface area contributed by atoms with Gasteiger partial charge in [0, 0.05) is 18.3 Å². The summed E-state index contributed by atoms with van der Waals surface area (Å²) in [5.41, 5.74) is 3.01. The van der Waals surface area contributed by atoms with Crippen LogP contribution in [0.2, 0.25) is 0 Å². The summed E-state index contributed by atoms with van der Waals surface area (Å²) in [5.74, 6) is 0.651. The molecule has 2 aromatic rings. The highest BCUT2D eigenvalue weighted by molar-refractivity contribution is 5.82. The van der Waals surface area contributed by atoms with Gasteiger partial charge in [0.25, 0.3) is 0 Å². The smallest absolute Gasteiger partial charge is 0.241 e. The average molecular weight is 248 g/mol. The molecule has 2 rings (SSSR count). The third-order valence-corrected chi connectivity index (χ3v) is 2.73. The van der Waals surface area contributed by atoms with Gasteiger partial charge in [-0.1, -0.05) is 13.3 Å². The van der Waals surface area contributed by atoms with Crippen molar-refractivity contribution in [3.05, 3.63) is 18.1 Å². The Morgan fingerprint density at radius 3 is 2.89 bits per heavy atom. The van der Waals surface area contributed by atoms with Gasteiger partial charge >= 0.3 is 0 Å². The number of aromatic nitrogens is 3. The standard InChI is InChI=1S/C13H20N4O/c1-4-5-6-18-13-12-11(15-9-16-13)10(7-14-12)8-17(2)3/h7,9,14H,4-6,8H2,1-3H3. The lowest BCUT2D eigenvalue weighted by atomic mass is 10.3. The van der Waals surface area contributed by atoms with Crippen molar-refractivity contribution in [2.24, 2.45) is 0 Å². The number of rotatable bonds is 6. The third kappa shape index (κ3) is 2.79. The first-order chi connectivity index (χ1) is 8.72. The van der Waals surface area contributed by atoms with Crippen molar-refractivity contribution in [3.63, 3.8) is 0 Å². The summed E-state index contributed by atoms with van der Waals surface area (Å²) in [6, 6.07) is 0. The predicted molar refractivity (Wildman–Crippen MR) is 71.7 cm³/mol. The molecule has 18 heavy (non-hydrogen) atoms. The van der Waals surface area contributed by atoms with E-state index in [0.717, 1.165) is 36.0 Å². The Morgan fingerprint density at radius 1 is 1.33 bits per heavy atom. The van der Waals surface area contributed by atoms with Crippen molar-refractivity contribution < 1.29 is 4.74 Å². The number of unbranched alkanes of at least 4 members (excludes halogenated alkanes) is 1. The lowest BCUT2D eigenvalue weighted by Crippen LogP contribution is -2.10. The van der Waals surface area contributed by atoms with E-state index < -0.39 is 0 Å². The van der Waals surface area contributed by atoms with Crippen LogP contribution in [-0.2, 0) is 6.54 Å². The van der Waals surface area contributed by atoms with Gasteiger partial charge in [0.15, 0.2) is 0 Å². The largest absolute Gasteiger partial charge is 0.476 e. The van der Waals surface area contributed by atoms with Gasteiger partial charge in [0.05, 0.1) is 12.1 Å². The Hall–Kier alpha value is -1.62. The van der Waals surface area contributed by atoms with E-state index >= 15 is 0 Å². The fourth-order valence-electron chi connectivity index (χ4n) is 1.85. The second-order valence-electron chi connectivity index (χ2n) is 4.66.